The van der Waals surface area contributed by atoms with Gasteiger partial charge in [-0.3, -0.25) is 5.32 Å². The van der Waals surface area contributed by atoms with Crippen molar-refractivity contribution in [2.75, 3.05) is 5.75 Å². The van der Waals surface area contributed by atoms with Gasteiger partial charge in [0.25, 0.3) is 0 Å². The maximum Gasteiger partial charge on any atom is 0.123 e. The second-order valence-corrected chi connectivity index (χ2v) is 6.32. The van der Waals surface area contributed by atoms with Gasteiger partial charge >= 0.3 is 0 Å². The molecule has 0 spiro atoms. The molecule has 0 heterocycles. The second kappa shape index (κ2) is 7.52. The summed E-state index contributed by atoms with van der Waals surface area (Å²) in [5.41, 5.74) is -0.461. The molecule has 104 valence electrons. The first-order valence-electron chi connectivity index (χ1n) is 6.52. The minimum absolute atomic E-state index is 0.206. The molecule has 0 saturated carbocycles. The van der Waals surface area contributed by atoms with Crippen LogP contribution < -0.4 is 5.32 Å². The Morgan fingerprint density at radius 3 is 2.53 bits per heavy atom. The monoisotopic (exact) mass is 280 g/mol. The number of nitrogens with zero attached hydrogens (tertiary/aromatic N) is 1. The first-order chi connectivity index (χ1) is 8.95. The van der Waals surface area contributed by atoms with Gasteiger partial charge in [-0.05, 0) is 63.6 Å². The van der Waals surface area contributed by atoms with Gasteiger partial charge in [0, 0.05) is 10.9 Å². The molecule has 1 aromatic rings. The van der Waals surface area contributed by atoms with Gasteiger partial charge in [0.2, 0.25) is 0 Å². The summed E-state index contributed by atoms with van der Waals surface area (Å²) in [4.78, 5) is 1.07. The minimum atomic E-state index is -0.461. The summed E-state index contributed by atoms with van der Waals surface area (Å²) in [6, 6.07) is 9.17. The summed E-state index contributed by atoms with van der Waals surface area (Å²) in [6.45, 7) is 6.03. The van der Waals surface area contributed by atoms with Crippen molar-refractivity contribution in [3.8, 4) is 6.07 Å². The first-order valence-corrected chi connectivity index (χ1v) is 7.51. The summed E-state index contributed by atoms with van der Waals surface area (Å²) in [5.74, 6) is 0.727. The summed E-state index contributed by atoms with van der Waals surface area (Å²) in [7, 11) is 0. The summed E-state index contributed by atoms with van der Waals surface area (Å²) < 4.78 is 12.7. The van der Waals surface area contributed by atoms with Gasteiger partial charge in [-0.1, -0.05) is 0 Å². The van der Waals surface area contributed by atoms with Crippen LogP contribution in [0.25, 0.3) is 0 Å². The second-order valence-electron chi connectivity index (χ2n) is 5.15. The van der Waals surface area contributed by atoms with Crippen LogP contribution in [0.15, 0.2) is 29.2 Å². The number of hydrogen-bond acceptors (Lipinski definition) is 3. The molecule has 0 fully saturated rings. The third-order valence-corrected chi connectivity index (χ3v) is 3.86. The zero-order valence-electron chi connectivity index (χ0n) is 11.7. The molecule has 1 aromatic carbocycles. The average Bonchev–Trinajstić information content (AvgIpc) is 2.36. The van der Waals surface area contributed by atoms with Crippen LogP contribution in [0.3, 0.4) is 0 Å². The van der Waals surface area contributed by atoms with E-state index in [2.05, 4.69) is 11.4 Å². The Hall–Kier alpha value is -1.05. The lowest BCUT2D eigenvalue weighted by molar-refractivity contribution is 0.380. The normalized spacial score (nSPS) is 14.1. The average molecular weight is 280 g/mol. The third kappa shape index (κ3) is 6.09. The molecule has 0 amide bonds. The van der Waals surface area contributed by atoms with Crippen molar-refractivity contribution in [2.24, 2.45) is 0 Å². The number of nitrogens with one attached hydrogen (secondary N) is 1. The maximum atomic E-state index is 12.7. The SMILES string of the molecule is CC(C)NC(C)(C#N)CCCSc1ccc(F)cc1. The van der Waals surface area contributed by atoms with E-state index < -0.39 is 5.54 Å². The quantitative estimate of drug-likeness (QED) is 0.606. The van der Waals surface area contributed by atoms with Gasteiger partial charge in [0.15, 0.2) is 0 Å². The van der Waals surface area contributed by atoms with E-state index in [1.807, 2.05) is 20.8 Å². The van der Waals surface area contributed by atoms with Crippen LogP contribution in [0.2, 0.25) is 0 Å². The van der Waals surface area contributed by atoms with Crippen molar-refractivity contribution in [2.45, 2.75) is 50.1 Å². The molecule has 4 heteroatoms. The Morgan fingerprint density at radius 2 is 2.00 bits per heavy atom. The van der Waals surface area contributed by atoms with E-state index in [1.54, 1.807) is 23.9 Å². The molecule has 0 radical (unpaired) electrons. The van der Waals surface area contributed by atoms with Crippen LogP contribution >= 0.6 is 11.8 Å². The van der Waals surface area contributed by atoms with E-state index in [9.17, 15) is 9.65 Å². The highest BCUT2D eigenvalue weighted by atomic mass is 32.2. The molecule has 0 bridgehead atoms. The molecular formula is C15H21FN2S. The molecular weight excluding hydrogens is 259 g/mol. The highest BCUT2D eigenvalue weighted by Gasteiger charge is 2.23. The lowest BCUT2D eigenvalue weighted by atomic mass is 9.97. The van der Waals surface area contributed by atoms with Crippen molar-refractivity contribution in [1.82, 2.24) is 5.32 Å². The molecule has 1 atom stereocenters. The number of rotatable bonds is 7. The number of hydrogen-bond donors (Lipinski definition) is 1. The van der Waals surface area contributed by atoms with E-state index in [0.29, 0.717) is 6.04 Å². The van der Waals surface area contributed by atoms with Crippen LogP contribution in [-0.2, 0) is 0 Å². The first kappa shape index (κ1) is 16.0. The van der Waals surface area contributed by atoms with Crippen molar-refractivity contribution >= 4 is 11.8 Å². The predicted molar refractivity (Wildman–Crippen MR) is 78.6 cm³/mol. The molecule has 0 aliphatic heterocycles. The smallest absolute Gasteiger partial charge is 0.123 e. The molecule has 0 saturated heterocycles. The third-order valence-electron chi connectivity index (χ3n) is 2.76. The molecule has 1 N–H and O–H groups in total. The van der Waals surface area contributed by atoms with Crippen molar-refractivity contribution in [1.29, 1.82) is 5.26 Å². The molecule has 1 unspecified atom stereocenters. The fourth-order valence-corrected chi connectivity index (χ4v) is 2.80. The van der Waals surface area contributed by atoms with Crippen LogP contribution in [0.1, 0.15) is 33.6 Å². The topological polar surface area (TPSA) is 35.8 Å². The van der Waals surface area contributed by atoms with Crippen LogP contribution in [0.4, 0.5) is 4.39 Å². The van der Waals surface area contributed by atoms with Gasteiger partial charge in [-0.2, -0.15) is 5.26 Å². The van der Waals surface area contributed by atoms with Crippen molar-refractivity contribution in [3.05, 3.63) is 30.1 Å². The van der Waals surface area contributed by atoms with E-state index in [1.165, 1.54) is 12.1 Å². The van der Waals surface area contributed by atoms with E-state index >= 15 is 0 Å². The summed E-state index contributed by atoms with van der Waals surface area (Å²) in [5, 5.41) is 12.5. The lowest BCUT2D eigenvalue weighted by Gasteiger charge is -2.25. The van der Waals surface area contributed by atoms with Gasteiger partial charge in [-0.25, -0.2) is 4.39 Å². The molecule has 2 nitrogen and oxygen atoms in total. The summed E-state index contributed by atoms with van der Waals surface area (Å²) in [6.07, 6.45) is 1.77. The molecule has 0 aliphatic rings. The maximum absolute atomic E-state index is 12.7. The number of nitriles is 1. The zero-order chi connectivity index (χ0) is 14.3. The van der Waals surface area contributed by atoms with Gasteiger partial charge in [0.05, 0.1) is 6.07 Å². The fourth-order valence-electron chi connectivity index (χ4n) is 1.94. The number of thioether (sulfide) groups is 1. The Bertz CT molecular complexity index is 425. The van der Waals surface area contributed by atoms with Crippen LogP contribution in [0, 0.1) is 17.1 Å². The largest absolute Gasteiger partial charge is 0.297 e. The highest BCUT2D eigenvalue weighted by Crippen LogP contribution is 2.21. The van der Waals surface area contributed by atoms with Crippen LogP contribution in [-0.4, -0.2) is 17.3 Å². The van der Waals surface area contributed by atoms with E-state index in [0.717, 1.165) is 23.5 Å². The lowest BCUT2D eigenvalue weighted by Crippen LogP contribution is -2.44. The van der Waals surface area contributed by atoms with Crippen LogP contribution in [0.5, 0.6) is 0 Å². The van der Waals surface area contributed by atoms with Gasteiger partial charge in [0.1, 0.15) is 11.4 Å². The van der Waals surface area contributed by atoms with Crippen molar-refractivity contribution in [3.63, 3.8) is 0 Å². The van der Waals surface area contributed by atoms with E-state index in [4.69, 9.17) is 0 Å². The molecule has 1 rings (SSSR count). The Balaban J connectivity index is 2.33. The van der Waals surface area contributed by atoms with Gasteiger partial charge in [-0.15, -0.1) is 11.8 Å². The van der Waals surface area contributed by atoms with Crippen molar-refractivity contribution < 1.29 is 4.39 Å². The standard InChI is InChI=1S/C15H21FN2S/c1-12(2)18-15(3,11-17)9-4-10-19-14-7-5-13(16)6-8-14/h5-8,12,18H,4,9-10H2,1-3H3. The fraction of sp³-hybridized carbons (Fsp3) is 0.533. The Morgan fingerprint density at radius 1 is 1.37 bits per heavy atom. The van der Waals surface area contributed by atoms with Gasteiger partial charge < -0.3 is 0 Å². The number of benzene rings is 1. The predicted octanol–water partition coefficient (Wildman–Crippen LogP) is 3.98. The minimum Gasteiger partial charge on any atom is -0.297 e. The number of halogens is 1. The highest BCUT2D eigenvalue weighted by molar-refractivity contribution is 7.99. The zero-order valence-corrected chi connectivity index (χ0v) is 12.6. The Kier molecular flexibility index (Phi) is 6.33. The molecule has 0 aromatic heterocycles. The molecule has 19 heavy (non-hydrogen) atoms. The summed E-state index contributed by atoms with van der Waals surface area (Å²) >= 11 is 1.70. The van der Waals surface area contributed by atoms with E-state index in [-0.39, 0.29) is 5.82 Å². The Labute approximate surface area is 119 Å². The molecule has 0 aliphatic carbocycles.